The molecule has 0 radical (unpaired) electrons. The number of aromatic nitrogens is 2. The first kappa shape index (κ1) is 19.5. The van der Waals surface area contributed by atoms with Gasteiger partial charge in [0.15, 0.2) is 11.5 Å². The Morgan fingerprint density at radius 2 is 2.14 bits per heavy atom. The van der Waals surface area contributed by atoms with Gasteiger partial charge in [0, 0.05) is 0 Å². The Balaban J connectivity index is 2.03. The van der Waals surface area contributed by atoms with E-state index < -0.39 is 0 Å². The molecule has 1 N–H and O–H groups in total. The highest BCUT2D eigenvalue weighted by Crippen LogP contribution is 2.37. The number of terminal acetylenes is 1. The molecule has 3 aromatic rings. The van der Waals surface area contributed by atoms with E-state index in [1.807, 2.05) is 44.2 Å². The third-order valence-electron chi connectivity index (χ3n) is 3.96. The van der Waals surface area contributed by atoms with Gasteiger partial charge >= 0.3 is 0 Å². The zero-order valence-corrected chi connectivity index (χ0v) is 17.1. The van der Waals surface area contributed by atoms with Gasteiger partial charge in [-0.1, -0.05) is 12.0 Å². The van der Waals surface area contributed by atoms with Crippen molar-refractivity contribution in [3.63, 3.8) is 0 Å². The molecule has 0 atom stereocenters. The van der Waals surface area contributed by atoms with E-state index >= 15 is 0 Å². The number of ether oxygens (including phenoxy) is 2. The van der Waals surface area contributed by atoms with Crippen molar-refractivity contribution in [3.8, 4) is 29.9 Å². The van der Waals surface area contributed by atoms with Crippen LogP contribution in [-0.2, 0) is 0 Å². The molecule has 3 rings (SSSR count). The number of hydrogen-bond acceptors (Lipinski definition) is 4. The van der Waals surface area contributed by atoms with Crippen molar-refractivity contribution in [2.24, 2.45) is 0 Å². The van der Waals surface area contributed by atoms with Crippen LogP contribution in [0.3, 0.4) is 0 Å². The summed E-state index contributed by atoms with van der Waals surface area (Å²) in [5.74, 6) is 4.05. The van der Waals surface area contributed by atoms with E-state index in [4.69, 9.17) is 15.9 Å². The number of rotatable bonds is 6. The minimum atomic E-state index is 0.135. The maximum absolute atomic E-state index is 9.67. The van der Waals surface area contributed by atoms with Gasteiger partial charge < -0.3 is 14.5 Å². The number of hydrogen-bond donors (Lipinski definition) is 1. The summed E-state index contributed by atoms with van der Waals surface area (Å²) in [6.45, 7) is 4.51. The molecule has 5 nitrogen and oxygen atoms in total. The van der Waals surface area contributed by atoms with E-state index in [-0.39, 0.29) is 6.61 Å². The maximum Gasteiger partial charge on any atom is 0.176 e. The Bertz CT molecular complexity index is 1130. The molecule has 0 aliphatic heterocycles. The predicted molar refractivity (Wildman–Crippen MR) is 114 cm³/mol. The Hall–Kier alpha value is -3.22. The third kappa shape index (κ3) is 4.19. The van der Waals surface area contributed by atoms with Gasteiger partial charge in [-0.25, -0.2) is 4.98 Å². The van der Waals surface area contributed by atoms with E-state index in [1.165, 1.54) is 0 Å². The Labute approximate surface area is 172 Å². The van der Waals surface area contributed by atoms with Crippen molar-refractivity contribution in [1.29, 1.82) is 5.26 Å². The number of nitrogens with one attached hydrogen (secondary N) is 1. The van der Waals surface area contributed by atoms with E-state index in [0.717, 1.165) is 22.2 Å². The van der Waals surface area contributed by atoms with Crippen molar-refractivity contribution in [1.82, 2.24) is 9.97 Å². The quantitative estimate of drug-likeness (QED) is 0.431. The van der Waals surface area contributed by atoms with Crippen molar-refractivity contribution in [2.45, 2.75) is 13.8 Å². The molecule has 6 heteroatoms. The monoisotopic (exact) mass is 435 g/mol. The van der Waals surface area contributed by atoms with E-state index in [0.29, 0.717) is 34.0 Å². The van der Waals surface area contributed by atoms with E-state index in [1.54, 1.807) is 6.08 Å². The first-order valence-corrected chi connectivity index (χ1v) is 9.46. The molecular formula is C22H18BrN3O2. The fourth-order valence-corrected chi connectivity index (χ4v) is 3.33. The smallest absolute Gasteiger partial charge is 0.176 e. The van der Waals surface area contributed by atoms with Crippen LogP contribution >= 0.6 is 15.9 Å². The van der Waals surface area contributed by atoms with Crippen LogP contribution in [0.25, 0.3) is 22.7 Å². The molecule has 0 aliphatic rings. The summed E-state index contributed by atoms with van der Waals surface area (Å²) in [4.78, 5) is 7.73. The lowest BCUT2D eigenvalue weighted by atomic mass is 10.1. The van der Waals surface area contributed by atoms with Gasteiger partial charge in [0.25, 0.3) is 0 Å². The van der Waals surface area contributed by atoms with Crippen LogP contribution in [0.2, 0.25) is 0 Å². The molecule has 0 unspecified atom stereocenters. The number of fused-ring (bicyclic) bond motifs is 1. The molecule has 0 fully saturated rings. The minimum Gasteiger partial charge on any atom is -0.490 e. The lowest BCUT2D eigenvalue weighted by Crippen LogP contribution is -2.00. The van der Waals surface area contributed by atoms with Crippen LogP contribution in [0.5, 0.6) is 11.5 Å². The Morgan fingerprint density at radius 1 is 1.32 bits per heavy atom. The highest BCUT2D eigenvalue weighted by atomic mass is 79.9. The fraction of sp³-hybridized carbons (Fsp3) is 0.182. The summed E-state index contributed by atoms with van der Waals surface area (Å²) in [7, 11) is 0. The molecule has 140 valence electrons. The summed E-state index contributed by atoms with van der Waals surface area (Å²) in [5, 5.41) is 9.67. The highest BCUT2D eigenvalue weighted by molar-refractivity contribution is 9.10. The van der Waals surface area contributed by atoms with Crippen LogP contribution < -0.4 is 9.47 Å². The lowest BCUT2D eigenvalue weighted by Gasteiger charge is -2.13. The van der Waals surface area contributed by atoms with Crippen LogP contribution in [0.15, 0.2) is 34.8 Å². The maximum atomic E-state index is 9.67. The summed E-state index contributed by atoms with van der Waals surface area (Å²) >= 11 is 3.49. The second-order valence-corrected chi connectivity index (χ2v) is 6.89. The van der Waals surface area contributed by atoms with E-state index in [2.05, 4.69) is 37.9 Å². The first-order valence-electron chi connectivity index (χ1n) is 8.66. The van der Waals surface area contributed by atoms with Crippen LogP contribution in [0, 0.1) is 30.6 Å². The number of imidazole rings is 1. The molecule has 0 aliphatic carbocycles. The standard InChI is InChI=1S/C22H18BrN3O2/c1-4-8-28-21-17(23)11-15(12-20(21)27-5-2)10-16(13-24)22-25-18-7-6-14(3)9-19(18)26-22/h1,6-7,9-12H,5,8H2,2-3H3,(H,25,26)/b16-10-. The predicted octanol–water partition coefficient (Wildman–Crippen LogP) is 5.11. The minimum absolute atomic E-state index is 0.135. The molecule has 0 spiro atoms. The Kier molecular flexibility index (Phi) is 6.03. The normalized spacial score (nSPS) is 11.1. The van der Waals surface area contributed by atoms with Gasteiger partial charge in [-0.05, 0) is 71.2 Å². The molecule has 0 saturated carbocycles. The zero-order chi connectivity index (χ0) is 20.1. The highest BCUT2D eigenvalue weighted by Gasteiger charge is 2.13. The van der Waals surface area contributed by atoms with Crippen LogP contribution in [0.4, 0.5) is 0 Å². The van der Waals surface area contributed by atoms with Gasteiger partial charge in [-0.3, -0.25) is 0 Å². The molecule has 0 bridgehead atoms. The number of benzene rings is 2. The molecule has 0 saturated heterocycles. The molecule has 1 aromatic heterocycles. The summed E-state index contributed by atoms with van der Waals surface area (Å²) in [5.41, 5.74) is 4.02. The van der Waals surface area contributed by atoms with Crippen molar-refractivity contribution < 1.29 is 9.47 Å². The fourth-order valence-electron chi connectivity index (χ4n) is 2.76. The molecule has 28 heavy (non-hydrogen) atoms. The first-order chi connectivity index (χ1) is 13.5. The molecule has 1 heterocycles. The number of aryl methyl sites for hydroxylation is 1. The number of allylic oxidation sites excluding steroid dienone is 1. The lowest BCUT2D eigenvalue weighted by molar-refractivity contribution is 0.298. The second-order valence-electron chi connectivity index (χ2n) is 6.03. The number of nitrogens with zero attached hydrogens (tertiary/aromatic N) is 2. The zero-order valence-electron chi connectivity index (χ0n) is 15.5. The number of halogens is 1. The molecular weight excluding hydrogens is 418 g/mol. The topological polar surface area (TPSA) is 70.9 Å². The third-order valence-corrected chi connectivity index (χ3v) is 4.54. The van der Waals surface area contributed by atoms with Gasteiger partial charge in [0.05, 0.1) is 27.7 Å². The van der Waals surface area contributed by atoms with Crippen molar-refractivity contribution >= 4 is 38.6 Å². The van der Waals surface area contributed by atoms with Crippen molar-refractivity contribution in [3.05, 3.63) is 51.8 Å². The van der Waals surface area contributed by atoms with E-state index in [9.17, 15) is 5.26 Å². The number of H-pyrrole nitrogens is 1. The molecule has 0 amide bonds. The van der Waals surface area contributed by atoms with Crippen LogP contribution in [0.1, 0.15) is 23.9 Å². The average molecular weight is 436 g/mol. The molecule has 2 aromatic carbocycles. The largest absolute Gasteiger partial charge is 0.490 e. The van der Waals surface area contributed by atoms with Gasteiger partial charge in [0.1, 0.15) is 18.5 Å². The summed E-state index contributed by atoms with van der Waals surface area (Å²) in [6.07, 6.45) is 7.04. The van der Waals surface area contributed by atoms with Crippen LogP contribution in [-0.4, -0.2) is 23.2 Å². The SMILES string of the molecule is C#CCOc1c(Br)cc(/C=C(/C#N)c2nc3ccc(C)cc3[nH]2)cc1OCC. The van der Waals surface area contributed by atoms with Crippen molar-refractivity contribution in [2.75, 3.05) is 13.2 Å². The van der Waals surface area contributed by atoms with Gasteiger partial charge in [-0.15, -0.1) is 6.42 Å². The summed E-state index contributed by atoms with van der Waals surface area (Å²) in [6, 6.07) is 11.8. The summed E-state index contributed by atoms with van der Waals surface area (Å²) < 4.78 is 12.0. The Morgan fingerprint density at radius 3 is 2.86 bits per heavy atom. The number of aromatic amines is 1. The van der Waals surface area contributed by atoms with Gasteiger partial charge in [0.2, 0.25) is 0 Å². The average Bonchev–Trinajstić information content (AvgIpc) is 3.08. The van der Waals surface area contributed by atoms with Gasteiger partial charge in [-0.2, -0.15) is 5.26 Å². The second kappa shape index (κ2) is 8.65. The number of nitriles is 1.